The minimum atomic E-state index is 0.490. The van der Waals surface area contributed by atoms with Crippen molar-refractivity contribution in [3.05, 3.63) is 35.2 Å². The van der Waals surface area contributed by atoms with E-state index in [0.717, 1.165) is 22.9 Å². The first-order valence-electron chi connectivity index (χ1n) is 6.88. The largest absolute Gasteiger partial charge is 0.308 e. The van der Waals surface area contributed by atoms with E-state index in [1.54, 1.807) is 0 Å². The number of nitrogens with one attached hydrogen (secondary N) is 1. The summed E-state index contributed by atoms with van der Waals surface area (Å²) in [4.78, 5) is 4.59. The quantitative estimate of drug-likeness (QED) is 0.928. The Kier molecular flexibility index (Phi) is 3.27. The third-order valence-electron chi connectivity index (χ3n) is 4.01. The van der Waals surface area contributed by atoms with Gasteiger partial charge in [-0.25, -0.2) is 4.98 Å². The third-order valence-corrected chi connectivity index (χ3v) is 4.23. The Hall–Kier alpha value is -1.06. The maximum atomic E-state index is 5.98. The van der Waals surface area contributed by atoms with Crippen molar-refractivity contribution in [1.82, 2.24) is 14.7 Å². The van der Waals surface area contributed by atoms with Crippen LogP contribution < -0.4 is 5.32 Å². The van der Waals surface area contributed by atoms with Crippen molar-refractivity contribution >= 4 is 17.2 Å². The molecule has 0 aliphatic heterocycles. The zero-order chi connectivity index (χ0) is 13.5. The highest BCUT2D eigenvalue weighted by Gasteiger charge is 2.30. The lowest BCUT2D eigenvalue weighted by molar-refractivity contribution is 0.364. The molecule has 19 heavy (non-hydrogen) atoms. The first-order chi connectivity index (χ1) is 9.02. The monoisotopic (exact) mass is 277 g/mol. The van der Waals surface area contributed by atoms with Gasteiger partial charge < -0.3 is 9.72 Å². The molecule has 2 aromatic heterocycles. The molecule has 0 saturated heterocycles. The second kappa shape index (κ2) is 4.80. The second-order valence-electron chi connectivity index (χ2n) is 6.33. The topological polar surface area (TPSA) is 29.3 Å². The Bertz CT molecular complexity index is 588. The average molecular weight is 278 g/mol. The number of hydrogen-bond acceptors (Lipinski definition) is 2. The summed E-state index contributed by atoms with van der Waals surface area (Å²) in [6, 6.07) is 4.45. The zero-order valence-electron chi connectivity index (χ0n) is 11.5. The van der Waals surface area contributed by atoms with Gasteiger partial charge in [0.1, 0.15) is 5.65 Å². The lowest BCUT2D eigenvalue weighted by Gasteiger charge is -2.17. The minimum absolute atomic E-state index is 0.490. The minimum Gasteiger partial charge on any atom is -0.308 e. The number of pyridine rings is 1. The van der Waals surface area contributed by atoms with Crippen LogP contribution in [0.3, 0.4) is 0 Å². The van der Waals surface area contributed by atoms with Crippen molar-refractivity contribution < 1.29 is 0 Å². The van der Waals surface area contributed by atoms with Crippen LogP contribution in [0.2, 0.25) is 5.02 Å². The van der Waals surface area contributed by atoms with Gasteiger partial charge in [0.25, 0.3) is 0 Å². The molecule has 1 unspecified atom stereocenters. The van der Waals surface area contributed by atoms with Crippen molar-refractivity contribution in [2.75, 3.05) is 0 Å². The first-order valence-corrected chi connectivity index (χ1v) is 7.26. The molecule has 1 saturated carbocycles. The molecule has 2 aromatic rings. The van der Waals surface area contributed by atoms with Gasteiger partial charge in [-0.2, -0.15) is 0 Å². The van der Waals surface area contributed by atoms with Gasteiger partial charge >= 0.3 is 0 Å². The summed E-state index contributed by atoms with van der Waals surface area (Å²) in [6.45, 7) is 5.53. The van der Waals surface area contributed by atoms with Gasteiger partial charge in [-0.1, -0.05) is 25.4 Å². The van der Waals surface area contributed by atoms with E-state index >= 15 is 0 Å². The van der Waals surface area contributed by atoms with Crippen LogP contribution >= 0.6 is 11.6 Å². The molecule has 0 bridgehead atoms. The van der Waals surface area contributed by atoms with Gasteiger partial charge in [0, 0.05) is 25.0 Å². The van der Waals surface area contributed by atoms with Crippen LogP contribution in [0.25, 0.3) is 5.65 Å². The van der Waals surface area contributed by atoms with E-state index in [0.29, 0.717) is 11.5 Å². The number of imidazole rings is 1. The number of nitrogens with zero attached hydrogens (tertiary/aromatic N) is 2. The Balaban J connectivity index is 1.66. The fraction of sp³-hybridized carbons (Fsp3) is 0.533. The van der Waals surface area contributed by atoms with Crippen LogP contribution in [0.15, 0.2) is 24.5 Å². The molecule has 1 N–H and O–H groups in total. The molecule has 3 nitrogen and oxygen atoms in total. The molecule has 1 atom stereocenters. The van der Waals surface area contributed by atoms with Gasteiger partial charge in [0.05, 0.1) is 10.7 Å². The van der Waals surface area contributed by atoms with E-state index in [1.165, 1.54) is 19.3 Å². The zero-order valence-corrected chi connectivity index (χ0v) is 12.2. The van der Waals surface area contributed by atoms with E-state index in [4.69, 9.17) is 11.6 Å². The molecular formula is C15H20ClN3. The molecule has 3 rings (SSSR count). The van der Waals surface area contributed by atoms with Gasteiger partial charge in [0.2, 0.25) is 0 Å². The third kappa shape index (κ3) is 2.93. The van der Waals surface area contributed by atoms with Crippen molar-refractivity contribution in [1.29, 1.82) is 0 Å². The molecule has 4 heteroatoms. The van der Waals surface area contributed by atoms with Crippen LogP contribution in [0.5, 0.6) is 0 Å². The predicted molar refractivity (Wildman–Crippen MR) is 78.5 cm³/mol. The van der Waals surface area contributed by atoms with E-state index < -0.39 is 0 Å². The summed E-state index contributed by atoms with van der Waals surface area (Å²) in [5, 5.41) is 4.36. The maximum Gasteiger partial charge on any atom is 0.137 e. The summed E-state index contributed by atoms with van der Waals surface area (Å²) in [6.07, 6.45) is 7.78. The molecular weight excluding hydrogens is 258 g/mol. The number of hydrogen-bond donors (Lipinski definition) is 1. The summed E-state index contributed by atoms with van der Waals surface area (Å²) in [5.41, 5.74) is 2.52. The number of aromatic nitrogens is 2. The standard InChI is InChI=1S/C15H20ClN3/c1-15(2)6-5-12(7-15)17-8-13-10-19-9-11(16)3-4-14(19)18-13/h3-4,9-10,12,17H,5-8H2,1-2H3. The molecule has 102 valence electrons. The van der Waals surface area contributed by atoms with Crippen LogP contribution in [0, 0.1) is 5.41 Å². The molecule has 0 radical (unpaired) electrons. The van der Waals surface area contributed by atoms with Crippen molar-refractivity contribution in [3.8, 4) is 0 Å². The van der Waals surface area contributed by atoms with Crippen molar-refractivity contribution in [2.24, 2.45) is 5.41 Å². The van der Waals surface area contributed by atoms with Gasteiger partial charge in [-0.05, 0) is 36.8 Å². The highest BCUT2D eigenvalue weighted by molar-refractivity contribution is 6.30. The summed E-state index contributed by atoms with van der Waals surface area (Å²) in [7, 11) is 0. The van der Waals surface area contributed by atoms with Crippen LogP contribution in [0.4, 0.5) is 0 Å². The van der Waals surface area contributed by atoms with Gasteiger partial charge in [-0.15, -0.1) is 0 Å². The van der Waals surface area contributed by atoms with Gasteiger partial charge in [-0.3, -0.25) is 0 Å². The number of rotatable bonds is 3. The highest BCUT2D eigenvalue weighted by atomic mass is 35.5. The molecule has 0 amide bonds. The lowest BCUT2D eigenvalue weighted by atomic mass is 9.92. The number of fused-ring (bicyclic) bond motifs is 1. The van der Waals surface area contributed by atoms with Crippen molar-refractivity contribution in [2.45, 2.75) is 45.7 Å². The molecule has 1 aliphatic carbocycles. The van der Waals surface area contributed by atoms with Crippen LogP contribution in [0.1, 0.15) is 38.8 Å². The van der Waals surface area contributed by atoms with Crippen LogP contribution in [-0.2, 0) is 6.54 Å². The smallest absolute Gasteiger partial charge is 0.137 e. The molecule has 2 heterocycles. The second-order valence-corrected chi connectivity index (χ2v) is 6.77. The fourth-order valence-corrected chi connectivity index (χ4v) is 3.13. The van der Waals surface area contributed by atoms with E-state index in [2.05, 4.69) is 24.1 Å². The van der Waals surface area contributed by atoms with Crippen molar-refractivity contribution in [3.63, 3.8) is 0 Å². The lowest BCUT2D eigenvalue weighted by Crippen LogP contribution is -2.26. The van der Waals surface area contributed by atoms with Gasteiger partial charge in [0.15, 0.2) is 0 Å². The Labute approximate surface area is 119 Å². The summed E-state index contributed by atoms with van der Waals surface area (Å²) < 4.78 is 1.98. The Morgan fingerprint density at radius 2 is 2.26 bits per heavy atom. The predicted octanol–water partition coefficient (Wildman–Crippen LogP) is 3.66. The summed E-state index contributed by atoms with van der Waals surface area (Å²) >= 11 is 5.98. The molecule has 1 fully saturated rings. The summed E-state index contributed by atoms with van der Waals surface area (Å²) in [5.74, 6) is 0. The molecule has 1 aliphatic rings. The molecule has 0 spiro atoms. The van der Waals surface area contributed by atoms with Crippen LogP contribution in [-0.4, -0.2) is 15.4 Å². The van der Waals surface area contributed by atoms with E-state index in [1.807, 2.05) is 28.9 Å². The van der Waals surface area contributed by atoms with E-state index in [9.17, 15) is 0 Å². The normalized spacial score (nSPS) is 22.2. The average Bonchev–Trinajstić information content (AvgIpc) is 2.89. The first kappa shape index (κ1) is 12.9. The molecule has 0 aromatic carbocycles. The number of halogens is 1. The fourth-order valence-electron chi connectivity index (χ4n) is 2.96. The maximum absolute atomic E-state index is 5.98. The Morgan fingerprint density at radius 3 is 3.00 bits per heavy atom. The SMILES string of the molecule is CC1(C)CCC(NCc2cn3cc(Cl)ccc3n2)C1. The Morgan fingerprint density at radius 1 is 1.42 bits per heavy atom. The van der Waals surface area contributed by atoms with E-state index in [-0.39, 0.29) is 0 Å². The highest BCUT2D eigenvalue weighted by Crippen LogP contribution is 2.36.